The van der Waals surface area contributed by atoms with Crippen LogP contribution in [0.15, 0.2) is 165 Å². The molecule has 0 atom stereocenters. The first-order valence-corrected chi connectivity index (χ1v) is 26.8. The lowest BCUT2D eigenvalue weighted by Gasteiger charge is -2.25. The molecule has 0 fully saturated rings. The van der Waals surface area contributed by atoms with E-state index in [0.717, 1.165) is 91.5 Å². The number of unbranched alkanes of at least 4 members (excludes halogenated alkanes) is 3. The van der Waals surface area contributed by atoms with Crippen molar-refractivity contribution in [3.8, 4) is 0 Å². The molecule has 0 aliphatic rings. The van der Waals surface area contributed by atoms with E-state index in [2.05, 4.69) is 11.1 Å². The highest BCUT2D eigenvalue weighted by Gasteiger charge is 2.27. The van der Waals surface area contributed by atoms with Crippen molar-refractivity contribution in [1.82, 2.24) is 19.5 Å². The van der Waals surface area contributed by atoms with Crippen LogP contribution in [-0.4, -0.2) is 49.4 Å². The fraction of sp³-hybridized carbons (Fsp3) is 0.250. The molecule has 9 aromatic rings. The molecular weight excluding hydrogens is 917 g/mol. The summed E-state index contributed by atoms with van der Waals surface area (Å²) < 4.78 is 61.4. The number of nitrogens with one attached hydrogen (secondary N) is 1. The molecule has 6 aromatic carbocycles. The van der Waals surface area contributed by atoms with Crippen molar-refractivity contribution in [3.63, 3.8) is 0 Å². The summed E-state index contributed by atoms with van der Waals surface area (Å²) in [6.07, 6.45) is 7.33. The number of aromatic nitrogens is 4. The molecule has 0 saturated carbocycles. The van der Waals surface area contributed by atoms with Crippen LogP contribution in [0.5, 0.6) is 0 Å². The summed E-state index contributed by atoms with van der Waals surface area (Å²) in [6, 6.07) is 42.8. The van der Waals surface area contributed by atoms with Gasteiger partial charge in [0.1, 0.15) is 0 Å². The van der Waals surface area contributed by atoms with Crippen LogP contribution in [0.4, 0.5) is 11.4 Å². The minimum Gasteiger partial charge on any atom is -0.301 e. The molecule has 1 N–H and O–H groups in total. The lowest BCUT2D eigenvalue weighted by Crippen LogP contribution is -2.34. The number of nitrogens with zero attached hydrogens (tertiary/aromatic N) is 5. The smallest absolute Gasteiger partial charge is 0.301 e. The number of hydrogen-bond donors (Lipinski definition) is 1. The molecule has 358 valence electrons. The van der Waals surface area contributed by atoms with Crippen molar-refractivity contribution in [2.24, 2.45) is 0 Å². The Bertz CT molecular complexity index is 3730. The van der Waals surface area contributed by atoms with E-state index in [1.54, 1.807) is 36.4 Å². The van der Waals surface area contributed by atoms with Gasteiger partial charge in [0.2, 0.25) is 0 Å². The largest absolute Gasteiger partial charge is 0.328 e. The minimum atomic E-state index is -4.04. The van der Waals surface area contributed by atoms with Gasteiger partial charge >= 0.3 is 5.69 Å². The van der Waals surface area contributed by atoms with Crippen LogP contribution in [-0.2, 0) is 39.4 Å². The van der Waals surface area contributed by atoms with Gasteiger partial charge in [0, 0.05) is 64.8 Å². The second-order valence-corrected chi connectivity index (χ2v) is 21.7. The average Bonchev–Trinajstić information content (AvgIpc) is 3.36. The number of H-pyrrole nitrogens is 1. The van der Waals surface area contributed by atoms with Gasteiger partial charge in [0.15, 0.2) is 0 Å². The van der Waals surface area contributed by atoms with Crippen molar-refractivity contribution in [1.29, 1.82) is 0 Å². The molecule has 0 saturated heterocycles. The van der Waals surface area contributed by atoms with Gasteiger partial charge in [-0.3, -0.25) is 28.4 Å². The zero-order chi connectivity index (χ0) is 49.0. The highest BCUT2D eigenvalue weighted by molar-refractivity contribution is 7.93. The standard InChI is InChI=1S/C56H56N6O6S2/c1-4-33-61(69(65,66)43-26-20-39(2)21-27-43)41-24-30-45-47-14-9-11-18-51(47)57-53(49(45)37-41)16-7-5-6-8-17-54-50-38-42(25-31-46(50)48-15-10-12-19-52(48)58-54)62(70(67,68)44-28-22-40(3)23-29-44)35-13-34-60-36-32-55(63)59-56(60)64/h9-12,14-15,18-32,36-38H,4-8,13,16-17,33-35H2,1-3H3,(H,59,63,64). The molecule has 9 rings (SSSR count). The summed E-state index contributed by atoms with van der Waals surface area (Å²) in [6.45, 7) is 6.45. The summed E-state index contributed by atoms with van der Waals surface area (Å²) in [5.74, 6) is 0. The predicted octanol–water partition coefficient (Wildman–Crippen LogP) is 10.8. The van der Waals surface area contributed by atoms with Crippen molar-refractivity contribution in [3.05, 3.63) is 189 Å². The molecule has 0 aliphatic carbocycles. The number of aryl methyl sites for hydroxylation is 5. The first-order chi connectivity index (χ1) is 33.8. The lowest BCUT2D eigenvalue weighted by molar-refractivity contribution is 0.577. The number of rotatable bonds is 19. The monoisotopic (exact) mass is 972 g/mol. The molecule has 0 amide bonds. The van der Waals surface area contributed by atoms with Gasteiger partial charge in [0.05, 0.1) is 32.2 Å². The Labute approximate surface area is 408 Å². The molecule has 12 nitrogen and oxygen atoms in total. The topological polar surface area (TPSA) is 155 Å². The van der Waals surface area contributed by atoms with Gasteiger partial charge in [0.25, 0.3) is 25.6 Å². The summed E-state index contributed by atoms with van der Waals surface area (Å²) in [7, 11) is -7.85. The first kappa shape index (κ1) is 47.9. The molecular formula is C56H56N6O6S2. The summed E-state index contributed by atoms with van der Waals surface area (Å²) in [5, 5.41) is 5.84. The van der Waals surface area contributed by atoms with E-state index >= 15 is 0 Å². The maximum absolute atomic E-state index is 14.5. The molecule has 0 unspecified atom stereocenters. The average molecular weight is 973 g/mol. The van der Waals surface area contributed by atoms with E-state index < -0.39 is 31.3 Å². The minimum absolute atomic E-state index is 0.0792. The first-order valence-electron chi connectivity index (χ1n) is 23.9. The summed E-state index contributed by atoms with van der Waals surface area (Å²) in [5.41, 5.74) is 5.58. The van der Waals surface area contributed by atoms with E-state index in [-0.39, 0.29) is 22.9 Å². The van der Waals surface area contributed by atoms with Gasteiger partial charge < -0.3 is 4.57 Å². The fourth-order valence-corrected chi connectivity index (χ4v) is 12.4. The Morgan fingerprint density at radius 1 is 0.514 bits per heavy atom. The quantitative estimate of drug-likeness (QED) is 0.0620. The number of fused-ring (bicyclic) bond motifs is 6. The Hall–Kier alpha value is -7.16. The molecule has 3 aromatic heterocycles. The zero-order valence-corrected chi connectivity index (χ0v) is 41.3. The number of aromatic amines is 1. The predicted molar refractivity (Wildman–Crippen MR) is 282 cm³/mol. The Morgan fingerprint density at radius 2 is 0.986 bits per heavy atom. The Morgan fingerprint density at radius 3 is 1.46 bits per heavy atom. The summed E-state index contributed by atoms with van der Waals surface area (Å²) >= 11 is 0. The molecule has 0 spiro atoms. The van der Waals surface area contributed by atoms with Crippen molar-refractivity contribution >= 4 is 74.8 Å². The molecule has 70 heavy (non-hydrogen) atoms. The fourth-order valence-electron chi connectivity index (χ4n) is 9.31. The van der Waals surface area contributed by atoms with Crippen molar-refractivity contribution < 1.29 is 16.8 Å². The van der Waals surface area contributed by atoms with Crippen molar-refractivity contribution in [2.45, 2.75) is 88.5 Å². The number of para-hydroxylation sites is 2. The van der Waals surface area contributed by atoms with E-state index in [1.807, 2.05) is 112 Å². The third-order valence-electron chi connectivity index (χ3n) is 13.0. The molecule has 14 heteroatoms. The van der Waals surface area contributed by atoms with Crippen LogP contribution >= 0.6 is 0 Å². The van der Waals surface area contributed by atoms with E-state index in [9.17, 15) is 26.4 Å². The van der Waals surface area contributed by atoms with Crippen LogP contribution in [0.2, 0.25) is 0 Å². The SMILES string of the molecule is CCCN(c1ccc2c(c1)c(CCCCCCc1nc3ccccc3c3ccc(N(CCCn4ccc(=O)[nH]c4=O)S(=O)(=O)c4ccc(C)cc4)cc13)nc1ccccc12)S(=O)(=O)c1ccc(C)cc1. The number of anilines is 2. The van der Waals surface area contributed by atoms with Crippen LogP contribution < -0.4 is 19.9 Å². The number of benzene rings is 6. The van der Waals surface area contributed by atoms with Gasteiger partial charge in [-0.15, -0.1) is 0 Å². The highest BCUT2D eigenvalue weighted by Crippen LogP contribution is 2.35. The number of hydrogen-bond acceptors (Lipinski definition) is 8. The third-order valence-corrected chi connectivity index (χ3v) is 16.7. The Balaban J connectivity index is 0.966. The number of pyridine rings is 2. The number of sulfonamides is 2. The van der Waals surface area contributed by atoms with Crippen LogP contribution in [0.3, 0.4) is 0 Å². The van der Waals surface area contributed by atoms with Gasteiger partial charge in [-0.2, -0.15) is 0 Å². The summed E-state index contributed by atoms with van der Waals surface area (Å²) in [4.78, 5) is 37.2. The van der Waals surface area contributed by atoms with Gasteiger partial charge in [-0.25, -0.2) is 21.6 Å². The van der Waals surface area contributed by atoms with Crippen molar-refractivity contribution in [2.75, 3.05) is 21.7 Å². The second kappa shape index (κ2) is 20.4. The maximum atomic E-state index is 14.5. The van der Waals surface area contributed by atoms with E-state index in [0.29, 0.717) is 43.6 Å². The van der Waals surface area contributed by atoms with Crippen LogP contribution in [0.25, 0.3) is 43.4 Å². The van der Waals surface area contributed by atoms with Gasteiger partial charge in [-0.05, 0) is 124 Å². The molecule has 0 aliphatic heterocycles. The second-order valence-electron chi connectivity index (χ2n) is 18.0. The maximum Gasteiger partial charge on any atom is 0.328 e. The van der Waals surface area contributed by atoms with Crippen LogP contribution in [0.1, 0.15) is 68.0 Å². The molecule has 0 bridgehead atoms. The molecule has 3 heterocycles. The van der Waals surface area contributed by atoms with Crippen LogP contribution in [0, 0.1) is 13.8 Å². The highest BCUT2D eigenvalue weighted by atomic mass is 32.2. The Kier molecular flexibility index (Phi) is 14.0. The zero-order valence-electron chi connectivity index (χ0n) is 39.6. The molecule has 0 radical (unpaired) electrons. The third kappa shape index (κ3) is 9.97. The van der Waals surface area contributed by atoms with Gasteiger partial charge in [-0.1, -0.05) is 104 Å². The van der Waals surface area contributed by atoms with E-state index in [4.69, 9.17) is 9.97 Å². The van der Waals surface area contributed by atoms with E-state index in [1.165, 1.54) is 25.4 Å². The lowest BCUT2D eigenvalue weighted by atomic mass is 9.98. The normalized spacial score (nSPS) is 12.0.